The van der Waals surface area contributed by atoms with Gasteiger partial charge in [-0.2, -0.15) is 0 Å². The highest BCUT2D eigenvalue weighted by Gasteiger charge is 2.36. The van der Waals surface area contributed by atoms with Gasteiger partial charge >= 0.3 is 0 Å². The van der Waals surface area contributed by atoms with Crippen molar-refractivity contribution in [2.75, 3.05) is 26.2 Å². The lowest BCUT2D eigenvalue weighted by Crippen LogP contribution is -2.48. The molecule has 0 aromatic carbocycles. The van der Waals surface area contributed by atoms with Gasteiger partial charge in [-0.25, -0.2) is 0 Å². The second-order valence-electron chi connectivity index (χ2n) is 5.44. The molecule has 1 saturated heterocycles. The summed E-state index contributed by atoms with van der Waals surface area (Å²) < 4.78 is 0. The minimum absolute atomic E-state index is 0.147. The number of amides is 1. The minimum atomic E-state index is 0.147. The van der Waals surface area contributed by atoms with Gasteiger partial charge in [-0.3, -0.25) is 4.79 Å². The fourth-order valence-electron chi connectivity index (χ4n) is 2.77. The summed E-state index contributed by atoms with van der Waals surface area (Å²) in [5, 5.41) is 12.2. The Morgan fingerprint density at radius 1 is 1.41 bits per heavy atom. The molecule has 2 N–H and O–H groups in total. The monoisotopic (exact) mass is 240 g/mol. The van der Waals surface area contributed by atoms with Crippen molar-refractivity contribution in [3.63, 3.8) is 0 Å². The Balaban J connectivity index is 1.95. The van der Waals surface area contributed by atoms with E-state index in [2.05, 4.69) is 12.2 Å². The van der Waals surface area contributed by atoms with E-state index in [0.29, 0.717) is 24.3 Å². The first-order chi connectivity index (χ1) is 8.24. The average molecular weight is 240 g/mol. The summed E-state index contributed by atoms with van der Waals surface area (Å²) in [6, 6.07) is 0.446. The van der Waals surface area contributed by atoms with Crippen molar-refractivity contribution in [3.05, 3.63) is 0 Å². The first-order valence-corrected chi connectivity index (χ1v) is 6.86. The molecule has 0 aromatic heterocycles. The Bertz CT molecular complexity index is 266. The summed E-state index contributed by atoms with van der Waals surface area (Å²) in [5.74, 6) is 0.897. The molecule has 1 aliphatic carbocycles. The molecule has 2 atom stereocenters. The van der Waals surface area contributed by atoms with Crippen LogP contribution < -0.4 is 5.32 Å². The lowest BCUT2D eigenvalue weighted by molar-refractivity contribution is -0.140. The third-order valence-electron chi connectivity index (χ3n) is 4.19. The maximum atomic E-state index is 12.5. The molecule has 1 heterocycles. The molecule has 1 aliphatic heterocycles. The van der Waals surface area contributed by atoms with Crippen LogP contribution in [0.3, 0.4) is 0 Å². The van der Waals surface area contributed by atoms with Crippen molar-refractivity contribution < 1.29 is 9.90 Å². The van der Waals surface area contributed by atoms with Crippen LogP contribution in [0.5, 0.6) is 0 Å². The Morgan fingerprint density at radius 2 is 2.18 bits per heavy atom. The van der Waals surface area contributed by atoms with Crippen LogP contribution in [0.1, 0.15) is 32.6 Å². The molecule has 4 nitrogen and oxygen atoms in total. The standard InChI is InChI=1S/C13H24N2O2/c1-10-8-14-9-12(10)13(17)15(6-3-7-16)11-4-2-5-11/h10-12,14,16H,2-9H2,1H3. The number of hydrogen-bond donors (Lipinski definition) is 2. The molecule has 2 aliphatic rings. The molecule has 2 fully saturated rings. The highest BCUT2D eigenvalue weighted by atomic mass is 16.3. The summed E-state index contributed by atoms with van der Waals surface area (Å²) in [6.45, 7) is 4.82. The summed E-state index contributed by atoms with van der Waals surface area (Å²) in [4.78, 5) is 14.5. The van der Waals surface area contributed by atoms with Crippen LogP contribution in [-0.2, 0) is 4.79 Å². The molecule has 0 spiro atoms. The largest absolute Gasteiger partial charge is 0.396 e. The predicted molar refractivity (Wildman–Crippen MR) is 66.6 cm³/mol. The maximum absolute atomic E-state index is 12.5. The van der Waals surface area contributed by atoms with Crippen LogP contribution in [0.25, 0.3) is 0 Å². The van der Waals surface area contributed by atoms with Crippen molar-refractivity contribution in [1.82, 2.24) is 10.2 Å². The molecule has 0 radical (unpaired) electrons. The molecule has 1 amide bonds. The van der Waals surface area contributed by atoms with Gasteiger partial charge in [-0.1, -0.05) is 6.92 Å². The van der Waals surface area contributed by atoms with E-state index in [0.717, 1.165) is 32.5 Å². The normalized spacial score (nSPS) is 29.1. The number of hydrogen-bond acceptors (Lipinski definition) is 3. The number of carbonyl (C=O) groups excluding carboxylic acids is 1. The first kappa shape index (κ1) is 12.8. The lowest BCUT2D eigenvalue weighted by Gasteiger charge is -2.39. The molecule has 4 heteroatoms. The fraction of sp³-hybridized carbons (Fsp3) is 0.923. The molecule has 17 heavy (non-hydrogen) atoms. The van der Waals surface area contributed by atoms with Crippen LogP contribution in [0, 0.1) is 11.8 Å². The van der Waals surface area contributed by atoms with E-state index in [1.165, 1.54) is 6.42 Å². The second kappa shape index (κ2) is 5.83. The average Bonchev–Trinajstić information content (AvgIpc) is 2.67. The number of rotatable bonds is 5. The molecular weight excluding hydrogens is 216 g/mol. The van der Waals surface area contributed by atoms with Gasteiger partial charge in [0.15, 0.2) is 0 Å². The van der Waals surface area contributed by atoms with Crippen LogP contribution in [-0.4, -0.2) is 48.2 Å². The summed E-state index contributed by atoms with van der Waals surface area (Å²) in [7, 11) is 0. The van der Waals surface area contributed by atoms with E-state index in [1.54, 1.807) is 0 Å². The van der Waals surface area contributed by atoms with Crippen molar-refractivity contribution in [2.45, 2.75) is 38.6 Å². The molecule has 0 aromatic rings. The molecule has 2 unspecified atom stereocenters. The Hall–Kier alpha value is -0.610. The van der Waals surface area contributed by atoms with Gasteiger partial charge in [0.05, 0.1) is 5.92 Å². The van der Waals surface area contributed by atoms with Gasteiger partial charge < -0.3 is 15.3 Å². The Labute approximate surface area is 103 Å². The third-order valence-corrected chi connectivity index (χ3v) is 4.19. The van der Waals surface area contributed by atoms with E-state index in [4.69, 9.17) is 5.11 Å². The number of nitrogens with one attached hydrogen (secondary N) is 1. The fourth-order valence-corrected chi connectivity index (χ4v) is 2.77. The van der Waals surface area contributed by atoms with Gasteiger partial charge in [-0.05, 0) is 38.1 Å². The second-order valence-corrected chi connectivity index (χ2v) is 5.44. The third kappa shape index (κ3) is 2.80. The van der Waals surface area contributed by atoms with Crippen molar-refractivity contribution in [3.8, 4) is 0 Å². The highest BCUT2D eigenvalue weighted by molar-refractivity contribution is 5.80. The minimum Gasteiger partial charge on any atom is -0.396 e. The first-order valence-electron chi connectivity index (χ1n) is 6.86. The van der Waals surface area contributed by atoms with Gasteiger partial charge in [0.25, 0.3) is 0 Å². The molecule has 98 valence electrons. The van der Waals surface area contributed by atoms with E-state index in [9.17, 15) is 4.79 Å². The van der Waals surface area contributed by atoms with E-state index in [-0.39, 0.29) is 12.5 Å². The number of nitrogens with zero attached hydrogens (tertiary/aromatic N) is 1. The topological polar surface area (TPSA) is 52.6 Å². The maximum Gasteiger partial charge on any atom is 0.227 e. The van der Waals surface area contributed by atoms with Crippen LogP contribution >= 0.6 is 0 Å². The van der Waals surface area contributed by atoms with Gasteiger partial charge in [-0.15, -0.1) is 0 Å². The van der Waals surface area contributed by atoms with Gasteiger partial charge in [0.2, 0.25) is 5.91 Å². The van der Waals surface area contributed by atoms with E-state index in [1.807, 2.05) is 4.90 Å². The van der Waals surface area contributed by atoms with Crippen LogP contribution in [0.2, 0.25) is 0 Å². The lowest BCUT2D eigenvalue weighted by atomic mass is 9.88. The predicted octanol–water partition coefficient (Wildman–Crippen LogP) is 0.605. The van der Waals surface area contributed by atoms with E-state index >= 15 is 0 Å². The summed E-state index contributed by atoms with van der Waals surface area (Å²) in [5.41, 5.74) is 0. The smallest absolute Gasteiger partial charge is 0.227 e. The summed E-state index contributed by atoms with van der Waals surface area (Å²) >= 11 is 0. The SMILES string of the molecule is CC1CNCC1C(=O)N(CCCO)C1CCC1. The van der Waals surface area contributed by atoms with E-state index < -0.39 is 0 Å². The molecule has 0 bridgehead atoms. The zero-order valence-corrected chi connectivity index (χ0v) is 10.7. The van der Waals surface area contributed by atoms with Gasteiger partial charge in [0, 0.05) is 25.7 Å². The molecular formula is C13H24N2O2. The highest BCUT2D eigenvalue weighted by Crippen LogP contribution is 2.28. The Morgan fingerprint density at radius 3 is 2.65 bits per heavy atom. The van der Waals surface area contributed by atoms with Gasteiger partial charge in [0.1, 0.15) is 0 Å². The van der Waals surface area contributed by atoms with Crippen molar-refractivity contribution >= 4 is 5.91 Å². The number of carbonyl (C=O) groups is 1. The Kier molecular flexibility index (Phi) is 4.40. The molecule has 2 rings (SSSR count). The summed E-state index contributed by atoms with van der Waals surface area (Å²) in [6.07, 6.45) is 4.24. The van der Waals surface area contributed by atoms with Crippen molar-refractivity contribution in [2.24, 2.45) is 11.8 Å². The zero-order valence-electron chi connectivity index (χ0n) is 10.7. The van der Waals surface area contributed by atoms with Crippen LogP contribution in [0.15, 0.2) is 0 Å². The quantitative estimate of drug-likeness (QED) is 0.740. The van der Waals surface area contributed by atoms with Crippen LogP contribution in [0.4, 0.5) is 0 Å². The van der Waals surface area contributed by atoms with Crippen molar-refractivity contribution in [1.29, 1.82) is 0 Å². The number of aliphatic hydroxyl groups is 1. The number of aliphatic hydroxyl groups excluding tert-OH is 1. The zero-order chi connectivity index (χ0) is 12.3. The molecule has 1 saturated carbocycles.